The van der Waals surface area contributed by atoms with Gasteiger partial charge >= 0.3 is 0 Å². The predicted molar refractivity (Wildman–Crippen MR) is 55.8 cm³/mol. The predicted octanol–water partition coefficient (Wildman–Crippen LogP) is 2.96. The van der Waals surface area contributed by atoms with E-state index in [0.717, 1.165) is 18.8 Å². The van der Waals surface area contributed by atoms with E-state index in [4.69, 9.17) is 0 Å². The number of rotatable bonds is 1. The van der Waals surface area contributed by atoms with Crippen LogP contribution in [0, 0.1) is 23.2 Å². The van der Waals surface area contributed by atoms with E-state index in [2.05, 4.69) is 19.1 Å². The molecule has 4 aliphatic rings. The zero-order valence-electron chi connectivity index (χ0n) is 8.83. The van der Waals surface area contributed by atoms with Gasteiger partial charge in [0, 0.05) is 11.8 Å². The molecule has 4 fully saturated rings. The summed E-state index contributed by atoms with van der Waals surface area (Å²) in [7, 11) is 0. The van der Waals surface area contributed by atoms with Gasteiger partial charge in [-0.1, -0.05) is 12.2 Å². The van der Waals surface area contributed by atoms with Crippen LogP contribution in [0.3, 0.4) is 0 Å². The fourth-order valence-corrected chi connectivity index (χ4v) is 4.37. The molecule has 0 aromatic carbocycles. The third-order valence-electron chi connectivity index (χ3n) is 4.56. The molecule has 0 amide bonds. The summed E-state index contributed by atoms with van der Waals surface area (Å²) < 4.78 is 0. The average molecular weight is 190 g/mol. The van der Waals surface area contributed by atoms with Crippen molar-refractivity contribution in [1.29, 1.82) is 0 Å². The fraction of sp³-hybridized carbons (Fsp3) is 0.769. The molecule has 1 nitrogen and oxygen atoms in total. The van der Waals surface area contributed by atoms with Crippen molar-refractivity contribution in [3.8, 4) is 0 Å². The van der Waals surface area contributed by atoms with Gasteiger partial charge in [0.25, 0.3) is 0 Å². The summed E-state index contributed by atoms with van der Waals surface area (Å²) in [4.78, 5) is 11.9. The highest BCUT2D eigenvalue weighted by atomic mass is 16.1. The highest BCUT2D eigenvalue weighted by Gasteiger charge is 2.53. The summed E-state index contributed by atoms with van der Waals surface area (Å²) in [6.45, 7) is 2.11. The lowest BCUT2D eigenvalue weighted by molar-refractivity contribution is -0.144. The van der Waals surface area contributed by atoms with E-state index < -0.39 is 0 Å². The Labute approximate surface area is 85.6 Å². The Morgan fingerprint density at radius 2 is 1.86 bits per heavy atom. The molecule has 2 unspecified atom stereocenters. The van der Waals surface area contributed by atoms with Gasteiger partial charge < -0.3 is 0 Å². The van der Waals surface area contributed by atoms with Crippen LogP contribution in [0.5, 0.6) is 0 Å². The molecule has 0 radical (unpaired) electrons. The second-order valence-corrected chi connectivity index (χ2v) is 5.61. The van der Waals surface area contributed by atoms with Gasteiger partial charge in [0.1, 0.15) is 5.78 Å². The summed E-state index contributed by atoms with van der Waals surface area (Å²) in [5.74, 6) is 2.32. The van der Waals surface area contributed by atoms with E-state index in [1.54, 1.807) is 0 Å². The molecule has 76 valence electrons. The molecule has 0 heterocycles. The van der Waals surface area contributed by atoms with E-state index in [1.807, 2.05) is 0 Å². The topological polar surface area (TPSA) is 17.1 Å². The minimum Gasteiger partial charge on any atom is -0.299 e. The van der Waals surface area contributed by atoms with Gasteiger partial charge in [-0.2, -0.15) is 0 Å². The standard InChI is InChI=1S/C13H18O/c1-2-3-13-6-9-4-10(7-13)12(14)11(5-9)8-13/h2-3,9-11H,4-8H2,1H3. The van der Waals surface area contributed by atoms with Crippen molar-refractivity contribution in [2.75, 3.05) is 0 Å². The molecule has 2 atom stereocenters. The minimum absolute atomic E-state index is 0.428. The van der Waals surface area contributed by atoms with Crippen molar-refractivity contribution < 1.29 is 4.79 Å². The molecule has 4 bridgehead atoms. The molecule has 0 aromatic rings. The largest absolute Gasteiger partial charge is 0.299 e. The maximum Gasteiger partial charge on any atom is 0.139 e. The van der Waals surface area contributed by atoms with Crippen molar-refractivity contribution in [1.82, 2.24) is 0 Å². The van der Waals surface area contributed by atoms with Gasteiger partial charge in [-0.3, -0.25) is 4.79 Å². The molecule has 4 saturated carbocycles. The third-order valence-corrected chi connectivity index (χ3v) is 4.56. The zero-order valence-corrected chi connectivity index (χ0v) is 8.83. The quantitative estimate of drug-likeness (QED) is 0.581. The molecule has 4 rings (SSSR count). The Kier molecular flexibility index (Phi) is 1.68. The van der Waals surface area contributed by atoms with E-state index in [1.165, 1.54) is 19.3 Å². The van der Waals surface area contributed by atoms with Crippen molar-refractivity contribution >= 4 is 5.78 Å². The second-order valence-electron chi connectivity index (χ2n) is 5.61. The van der Waals surface area contributed by atoms with Gasteiger partial charge in [-0.25, -0.2) is 0 Å². The smallest absolute Gasteiger partial charge is 0.139 e. The van der Waals surface area contributed by atoms with Crippen molar-refractivity contribution in [2.24, 2.45) is 23.2 Å². The molecule has 4 aliphatic carbocycles. The van der Waals surface area contributed by atoms with Crippen LogP contribution >= 0.6 is 0 Å². The number of ketones is 1. The summed E-state index contributed by atoms with van der Waals surface area (Å²) in [5, 5.41) is 0. The molecule has 0 N–H and O–H groups in total. The van der Waals surface area contributed by atoms with Crippen LogP contribution in [0.2, 0.25) is 0 Å². The maximum absolute atomic E-state index is 11.9. The van der Waals surface area contributed by atoms with E-state index in [9.17, 15) is 4.79 Å². The monoisotopic (exact) mass is 190 g/mol. The zero-order chi connectivity index (χ0) is 9.76. The van der Waals surface area contributed by atoms with E-state index in [-0.39, 0.29) is 0 Å². The molecular weight excluding hydrogens is 172 g/mol. The molecule has 0 aromatic heterocycles. The van der Waals surface area contributed by atoms with Crippen molar-refractivity contribution in [2.45, 2.75) is 39.0 Å². The second kappa shape index (κ2) is 2.71. The summed E-state index contributed by atoms with van der Waals surface area (Å²) in [6, 6.07) is 0. The van der Waals surface area contributed by atoms with Crippen molar-refractivity contribution in [3.05, 3.63) is 12.2 Å². The van der Waals surface area contributed by atoms with Crippen molar-refractivity contribution in [3.63, 3.8) is 0 Å². The summed E-state index contributed by atoms with van der Waals surface area (Å²) in [5.41, 5.74) is 0.430. The van der Waals surface area contributed by atoms with E-state index >= 15 is 0 Å². The number of hydrogen-bond acceptors (Lipinski definition) is 1. The minimum atomic E-state index is 0.428. The average Bonchev–Trinajstić information content (AvgIpc) is 2.12. The van der Waals surface area contributed by atoms with E-state index in [0.29, 0.717) is 23.0 Å². The first-order valence-electron chi connectivity index (χ1n) is 5.90. The maximum atomic E-state index is 11.9. The van der Waals surface area contributed by atoms with Gasteiger partial charge in [0.15, 0.2) is 0 Å². The SMILES string of the molecule is CC=CC12CC3CC(C1)C(=O)C(C3)C2. The van der Waals surface area contributed by atoms with Crippen LogP contribution in [0.4, 0.5) is 0 Å². The normalized spacial score (nSPS) is 50.6. The lowest BCUT2D eigenvalue weighted by Crippen LogP contribution is -2.50. The summed E-state index contributed by atoms with van der Waals surface area (Å²) in [6.07, 6.45) is 10.7. The lowest BCUT2D eigenvalue weighted by atomic mass is 9.49. The van der Waals surface area contributed by atoms with Crippen LogP contribution in [0.15, 0.2) is 12.2 Å². The number of hydrogen-bond donors (Lipinski definition) is 0. The third kappa shape index (κ3) is 1.04. The number of carbonyl (C=O) groups is 1. The van der Waals surface area contributed by atoms with Crippen LogP contribution in [-0.2, 0) is 4.79 Å². The van der Waals surface area contributed by atoms with Crippen LogP contribution in [0.1, 0.15) is 39.0 Å². The highest BCUT2D eigenvalue weighted by molar-refractivity contribution is 5.85. The molecule has 0 saturated heterocycles. The Morgan fingerprint density at radius 1 is 1.21 bits per heavy atom. The number of carbonyl (C=O) groups excluding carboxylic acids is 1. The van der Waals surface area contributed by atoms with Crippen LogP contribution in [0.25, 0.3) is 0 Å². The Balaban J connectivity index is 1.96. The fourth-order valence-electron chi connectivity index (χ4n) is 4.37. The highest BCUT2D eigenvalue weighted by Crippen LogP contribution is 2.59. The first-order valence-corrected chi connectivity index (χ1v) is 5.90. The molecule has 14 heavy (non-hydrogen) atoms. The first-order chi connectivity index (χ1) is 6.72. The lowest BCUT2D eigenvalue weighted by Gasteiger charge is -2.54. The Morgan fingerprint density at radius 3 is 2.43 bits per heavy atom. The van der Waals surface area contributed by atoms with Crippen LogP contribution in [-0.4, -0.2) is 5.78 Å². The Hall–Kier alpha value is -0.590. The molecule has 1 heteroatoms. The van der Waals surface area contributed by atoms with Gasteiger partial charge in [-0.15, -0.1) is 0 Å². The van der Waals surface area contributed by atoms with Gasteiger partial charge in [-0.05, 0) is 50.4 Å². The van der Waals surface area contributed by atoms with Crippen LogP contribution < -0.4 is 0 Å². The molecular formula is C13H18O. The molecule has 0 spiro atoms. The number of Topliss-reactive ketones (excluding diaryl/α,β-unsaturated/α-hetero) is 1. The Bertz CT molecular complexity index is 284. The number of allylic oxidation sites excluding steroid dienone is 2. The van der Waals surface area contributed by atoms with Gasteiger partial charge in [0.2, 0.25) is 0 Å². The van der Waals surface area contributed by atoms with Gasteiger partial charge in [0.05, 0.1) is 0 Å². The molecule has 0 aliphatic heterocycles. The summed E-state index contributed by atoms with van der Waals surface area (Å²) >= 11 is 0. The first kappa shape index (κ1) is 8.70.